The molecule has 4 atom stereocenters. The standard InChI is InChI=1S/C33H34N4O5/c1-38-33(29-18-17-27-32(34)35-23-36-37(27)29)31(41-21-26-15-9-4-10-16-26)30(40-20-25-13-7-3-8-14-25)28(42-33)22-39-19-24-11-5-2-6-12-24/h2-18,23,28,30-31H,19-22H2,1H3,(H2,34,35,36)/t28-,30-,31-,33?/m1/s1. The molecule has 0 spiro atoms. The Labute approximate surface area is 244 Å². The fourth-order valence-electron chi connectivity index (χ4n) is 5.38. The van der Waals surface area contributed by atoms with E-state index in [-0.39, 0.29) is 6.61 Å². The first-order valence-corrected chi connectivity index (χ1v) is 13.9. The lowest BCUT2D eigenvalue weighted by Gasteiger charge is -2.33. The third-order valence-corrected chi connectivity index (χ3v) is 7.46. The molecular formula is C33H34N4O5. The molecule has 216 valence electrons. The summed E-state index contributed by atoms with van der Waals surface area (Å²) in [6, 6.07) is 33.8. The van der Waals surface area contributed by atoms with E-state index >= 15 is 0 Å². The quantitative estimate of drug-likeness (QED) is 0.228. The third kappa shape index (κ3) is 5.78. The molecule has 6 rings (SSSR count). The van der Waals surface area contributed by atoms with E-state index in [1.807, 2.05) is 103 Å². The van der Waals surface area contributed by atoms with E-state index in [9.17, 15) is 0 Å². The van der Waals surface area contributed by atoms with E-state index in [0.717, 1.165) is 16.7 Å². The highest BCUT2D eigenvalue weighted by Crippen LogP contribution is 2.45. The van der Waals surface area contributed by atoms with E-state index in [1.165, 1.54) is 6.33 Å². The molecular weight excluding hydrogens is 532 g/mol. The fourth-order valence-corrected chi connectivity index (χ4v) is 5.38. The van der Waals surface area contributed by atoms with Crippen LogP contribution in [0.4, 0.5) is 5.82 Å². The van der Waals surface area contributed by atoms with E-state index in [0.29, 0.717) is 36.8 Å². The number of rotatable bonds is 12. The van der Waals surface area contributed by atoms with Crippen LogP contribution < -0.4 is 5.73 Å². The number of nitrogen functional groups attached to an aromatic ring is 1. The molecule has 1 fully saturated rings. The molecule has 0 bridgehead atoms. The van der Waals surface area contributed by atoms with E-state index < -0.39 is 24.1 Å². The zero-order valence-electron chi connectivity index (χ0n) is 23.4. The third-order valence-electron chi connectivity index (χ3n) is 7.46. The Morgan fingerprint density at radius 2 is 1.38 bits per heavy atom. The number of ether oxygens (including phenoxy) is 5. The van der Waals surface area contributed by atoms with Crippen molar-refractivity contribution in [2.75, 3.05) is 19.5 Å². The second-order valence-electron chi connectivity index (χ2n) is 10.2. The molecule has 0 saturated carbocycles. The molecule has 0 aliphatic carbocycles. The molecule has 1 aliphatic heterocycles. The van der Waals surface area contributed by atoms with Gasteiger partial charge < -0.3 is 29.4 Å². The number of hydrogen-bond acceptors (Lipinski definition) is 8. The number of anilines is 1. The summed E-state index contributed by atoms with van der Waals surface area (Å²) in [6.07, 6.45) is -0.350. The minimum absolute atomic E-state index is 0.255. The Bertz CT molecular complexity index is 1570. The zero-order valence-corrected chi connectivity index (χ0v) is 23.4. The lowest BCUT2D eigenvalue weighted by Crippen LogP contribution is -2.46. The summed E-state index contributed by atoms with van der Waals surface area (Å²) >= 11 is 0. The van der Waals surface area contributed by atoms with Crippen LogP contribution in [0.15, 0.2) is 109 Å². The van der Waals surface area contributed by atoms with Crippen molar-refractivity contribution in [1.82, 2.24) is 14.6 Å². The van der Waals surface area contributed by atoms with Gasteiger partial charge in [-0.05, 0) is 28.8 Å². The molecule has 2 N–H and O–H groups in total. The number of nitrogens with zero attached hydrogens (tertiary/aromatic N) is 3. The number of benzene rings is 3. The maximum Gasteiger partial charge on any atom is 0.242 e. The molecule has 2 aromatic heterocycles. The van der Waals surface area contributed by atoms with Crippen LogP contribution in [0, 0.1) is 0 Å². The van der Waals surface area contributed by atoms with Crippen LogP contribution >= 0.6 is 0 Å². The Morgan fingerprint density at radius 1 is 0.786 bits per heavy atom. The molecule has 0 amide bonds. The van der Waals surface area contributed by atoms with Crippen LogP contribution in [-0.2, 0) is 49.3 Å². The van der Waals surface area contributed by atoms with Gasteiger partial charge in [-0.1, -0.05) is 91.0 Å². The van der Waals surface area contributed by atoms with E-state index in [1.54, 1.807) is 11.6 Å². The lowest BCUT2D eigenvalue weighted by atomic mass is 10.0. The average molecular weight is 567 g/mol. The predicted molar refractivity (Wildman–Crippen MR) is 157 cm³/mol. The first-order valence-electron chi connectivity index (χ1n) is 13.9. The maximum absolute atomic E-state index is 6.81. The molecule has 0 radical (unpaired) electrons. The zero-order chi connectivity index (χ0) is 28.8. The average Bonchev–Trinajstić information content (AvgIpc) is 3.61. The minimum atomic E-state index is -1.38. The number of methoxy groups -OCH3 is 1. The Morgan fingerprint density at radius 3 is 2.00 bits per heavy atom. The van der Waals surface area contributed by atoms with Crippen molar-refractivity contribution in [1.29, 1.82) is 0 Å². The van der Waals surface area contributed by atoms with Gasteiger partial charge in [0.1, 0.15) is 35.8 Å². The normalized spacial score (nSPS) is 22.1. The van der Waals surface area contributed by atoms with Crippen molar-refractivity contribution in [3.8, 4) is 0 Å². The van der Waals surface area contributed by atoms with E-state index in [4.69, 9.17) is 29.4 Å². The summed E-state index contributed by atoms with van der Waals surface area (Å²) in [7, 11) is 1.60. The van der Waals surface area contributed by atoms with Gasteiger partial charge in [-0.15, -0.1) is 0 Å². The summed E-state index contributed by atoms with van der Waals surface area (Å²) < 4.78 is 34.2. The van der Waals surface area contributed by atoms with Crippen molar-refractivity contribution in [2.45, 2.75) is 43.9 Å². The predicted octanol–water partition coefficient (Wildman–Crippen LogP) is 4.90. The summed E-state index contributed by atoms with van der Waals surface area (Å²) in [5.41, 5.74) is 10.6. The Hall–Kier alpha value is -4.12. The summed E-state index contributed by atoms with van der Waals surface area (Å²) in [5, 5.41) is 4.48. The topological polar surface area (TPSA) is 102 Å². The largest absolute Gasteiger partial charge is 0.382 e. The van der Waals surface area contributed by atoms with Gasteiger partial charge in [-0.25, -0.2) is 9.50 Å². The first kappa shape index (κ1) is 28.0. The van der Waals surface area contributed by atoms with Gasteiger partial charge in [-0.3, -0.25) is 0 Å². The molecule has 9 nitrogen and oxygen atoms in total. The van der Waals surface area contributed by atoms with Gasteiger partial charge in [0.25, 0.3) is 0 Å². The number of fused-ring (bicyclic) bond motifs is 1. The van der Waals surface area contributed by atoms with Gasteiger partial charge in [0, 0.05) is 7.11 Å². The highest BCUT2D eigenvalue weighted by molar-refractivity contribution is 5.65. The maximum atomic E-state index is 6.81. The Kier molecular flexibility index (Phi) is 8.55. The molecule has 3 aromatic carbocycles. The van der Waals surface area contributed by atoms with Crippen molar-refractivity contribution in [3.63, 3.8) is 0 Å². The molecule has 9 heteroatoms. The van der Waals surface area contributed by atoms with Gasteiger partial charge in [0.2, 0.25) is 5.79 Å². The fraction of sp³-hybridized carbons (Fsp3) is 0.273. The van der Waals surface area contributed by atoms with Crippen molar-refractivity contribution >= 4 is 11.3 Å². The molecule has 3 heterocycles. The molecule has 42 heavy (non-hydrogen) atoms. The van der Waals surface area contributed by atoms with Crippen LogP contribution in [0.3, 0.4) is 0 Å². The van der Waals surface area contributed by atoms with E-state index in [2.05, 4.69) is 10.1 Å². The first-order chi connectivity index (χ1) is 20.7. The van der Waals surface area contributed by atoms with Gasteiger partial charge in [0.05, 0.1) is 26.4 Å². The summed E-state index contributed by atoms with van der Waals surface area (Å²) in [4.78, 5) is 4.14. The number of hydrogen-bond donors (Lipinski definition) is 1. The van der Waals surface area contributed by atoms with Crippen molar-refractivity contribution in [2.24, 2.45) is 0 Å². The summed E-state index contributed by atoms with van der Waals surface area (Å²) in [6.45, 7) is 1.37. The highest BCUT2D eigenvalue weighted by atomic mass is 16.7. The second kappa shape index (κ2) is 12.8. The molecule has 1 unspecified atom stereocenters. The van der Waals surface area contributed by atoms with Crippen molar-refractivity contribution in [3.05, 3.63) is 132 Å². The van der Waals surface area contributed by atoms with Gasteiger partial charge >= 0.3 is 0 Å². The van der Waals surface area contributed by atoms with Crippen LogP contribution in [0.5, 0.6) is 0 Å². The van der Waals surface area contributed by atoms with Crippen LogP contribution in [-0.4, -0.2) is 46.6 Å². The van der Waals surface area contributed by atoms with Gasteiger partial charge in [-0.2, -0.15) is 5.10 Å². The molecule has 5 aromatic rings. The summed E-state index contributed by atoms with van der Waals surface area (Å²) in [5.74, 6) is -1.04. The van der Waals surface area contributed by atoms with Gasteiger partial charge in [0.15, 0.2) is 5.82 Å². The smallest absolute Gasteiger partial charge is 0.242 e. The molecule has 1 aliphatic rings. The number of nitrogens with two attached hydrogens (primary N) is 1. The highest BCUT2D eigenvalue weighted by Gasteiger charge is 2.60. The second-order valence-corrected chi connectivity index (χ2v) is 10.2. The lowest BCUT2D eigenvalue weighted by molar-refractivity contribution is -0.271. The van der Waals surface area contributed by atoms with Crippen LogP contribution in [0.25, 0.3) is 5.52 Å². The molecule has 1 saturated heterocycles. The van der Waals surface area contributed by atoms with Crippen LogP contribution in [0.1, 0.15) is 22.4 Å². The SMILES string of the molecule is COC1(c2ccc3c(N)ncnn23)O[C@H](COCc2ccccc2)[C@@H](OCc2ccccc2)[C@H]1OCc1ccccc1. The van der Waals surface area contributed by atoms with Crippen molar-refractivity contribution < 1.29 is 23.7 Å². The van der Waals surface area contributed by atoms with Crippen LogP contribution in [0.2, 0.25) is 0 Å². The Balaban J connectivity index is 1.36. The minimum Gasteiger partial charge on any atom is -0.382 e. The number of aromatic nitrogens is 3. The monoisotopic (exact) mass is 566 g/mol.